The highest BCUT2D eigenvalue weighted by molar-refractivity contribution is 7.11. The summed E-state index contributed by atoms with van der Waals surface area (Å²) in [5.41, 5.74) is 8.25. The molecule has 0 bridgehead atoms. The van der Waals surface area contributed by atoms with Gasteiger partial charge in [0.05, 0.1) is 24.9 Å². The Kier molecular flexibility index (Phi) is 4.12. The molecule has 0 amide bonds. The van der Waals surface area contributed by atoms with E-state index in [1.54, 1.807) is 25.6 Å². The van der Waals surface area contributed by atoms with Crippen LogP contribution in [0.15, 0.2) is 18.2 Å². The van der Waals surface area contributed by atoms with Crippen LogP contribution in [0.25, 0.3) is 0 Å². The number of nitrogens with zero attached hydrogens (tertiary/aromatic N) is 1. The summed E-state index contributed by atoms with van der Waals surface area (Å²) in [4.78, 5) is 6.05. The number of benzene rings is 1. The van der Waals surface area contributed by atoms with Crippen LogP contribution in [0.2, 0.25) is 0 Å². The maximum Gasteiger partial charge on any atom is 0.160 e. The van der Waals surface area contributed by atoms with E-state index in [-0.39, 0.29) is 0 Å². The van der Waals surface area contributed by atoms with Crippen LogP contribution in [0.5, 0.6) is 11.5 Å². The number of thiazole rings is 1. The summed E-state index contributed by atoms with van der Waals surface area (Å²) in [6.45, 7) is 0.593. The summed E-state index contributed by atoms with van der Waals surface area (Å²) in [6.07, 6.45) is 3.32. The van der Waals surface area contributed by atoms with Gasteiger partial charge in [0.15, 0.2) is 11.5 Å². The zero-order valence-corrected chi connectivity index (χ0v) is 13.2. The van der Waals surface area contributed by atoms with Gasteiger partial charge in [0, 0.05) is 23.8 Å². The predicted octanol–water partition coefficient (Wildman–Crippen LogP) is 3.09. The molecule has 1 aliphatic carbocycles. The van der Waals surface area contributed by atoms with Crippen molar-refractivity contribution in [2.24, 2.45) is 5.73 Å². The standard InChI is InChI=1S/C16H20N2O2S/c1-19-12-6-3-10(7-13(12)20-2)8-15-18-16(11-4-5-11)14(9-17)21-15/h3,6-7,11H,4-5,8-9,17H2,1-2H3. The molecule has 1 fully saturated rings. The van der Waals surface area contributed by atoms with Crippen molar-refractivity contribution in [3.8, 4) is 11.5 Å². The molecule has 1 aliphatic rings. The van der Waals surface area contributed by atoms with E-state index >= 15 is 0 Å². The van der Waals surface area contributed by atoms with Gasteiger partial charge in [-0.15, -0.1) is 11.3 Å². The molecule has 1 aromatic carbocycles. The Bertz CT molecular complexity index is 635. The highest BCUT2D eigenvalue weighted by Gasteiger charge is 2.29. The first-order valence-electron chi connectivity index (χ1n) is 7.14. The molecule has 21 heavy (non-hydrogen) atoms. The van der Waals surface area contributed by atoms with Gasteiger partial charge in [-0.3, -0.25) is 0 Å². The molecule has 1 heterocycles. The van der Waals surface area contributed by atoms with E-state index in [2.05, 4.69) is 6.07 Å². The van der Waals surface area contributed by atoms with E-state index in [0.29, 0.717) is 12.5 Å². The maximum atomic E-state index is 5.84. The normalized spacial score (nSPS) is 14.2. The molecule has 3 rings (SSSR count). The van der Waals surface area contributed by atoms with E-state index in [1.165, 1.54) is 29.0 Å². The lowest BCUT2D eigenvalue weighted by molar-refractivity contribution is 0.354. The van der Waals surface area contributed by atoms with E-state index in [0.717, 1.165) is 22.9 Å². The highest BCUT2D eigenvalue weighted by atomic mass is 32.1. The van der Waals surface area contributed by atoms with Gasteiger partial charge in [0.1, 0.15) is 0 Å². The van der Waals surface area contributed by atoms with Crippen LogP contribution >= 0.6 is 11.3 Å². The molecule has 0 spiro atoms. The molecule has 1 aromatic heterocycles. The van der Waals surface area contributed by atoms with Crippen LogP contribution in [-0.2, 0) is 13.0 Å². The minimum atomic E-state index is 0.593. The number of nitrogens with two attached hydrogens (primary N) is 1. The Morgan fingerprint density at radius 2 is 2.00 bits per heavy atom. The Labute approximate surface area is 128 Å². The lowest BCUT2D eigenvalue weighted by Crippen LogP contribution is -1.97. The van der Waals surface area contributed by atoms with Gasteiger partial charge in [-0.05, 0) is 30.5 Å². The molecular weight excluding hydrogens is 284 g/mol. The Morgan fingerprint density at radius 1 is 1.24 bits per heavy atom. The number of aromatic nitrogens is 1. The van der Waals surface area contributed by atoms with Crippen molar-refractivity contribution in [1.29, 1.82) is 0 Å². The molecule has 0 unspecified atom stereocenters. The zero-order chi connectivity index (χ0) is 14.8. The van der Waals surface area contributed by atoms with Crippen molar-refractivity contribution in [1.82, 2.24) is 4.98 Å². The van der Waals surface area contributed by atoms with Crippen molar-refractivity contribution in [3.05, 3.63) is 39.3 Å². The second-order valence-corrected chi connectivity index (χ2v) is 6.43. The summed E-state index contributed by atoms with van der Waals surface area (Å²) >= 11 is 1.74. The smallest absolute Gasteiger partial charge is 0.160 e. The summed E-state index contributed by atoms with van der Waals surface area (Å²) in [5.74, 6) is 2.16. The molecule has 2 N–H and O–H groups in total. The van der Waals surface area contributed by atoms with Crippen molar-refractivity contribution >= 4 is 11.3 Å². The molecule has 0 radical (unpaired) electrons. The van der Waals surface area contributed by atoms with E-state index in [1.807, 2.05) is 12.1 Å². The monoisotopic (exact) mass is 304 g/mol. The first-order chi connectivity index (χ1) is 10.2. The van der Waals surface area contributed by atoms with Gasteiger partial charge in [-0.25, -0.2) is 4.98 Å². The van der Waals surface area contributed by atoms with Crippen molar-refractivity contribution in [3.63, 3.8) is 0 Å². The van der Waals surface area contributed by atoms with Crippen LogP contribution in [0.3, 0.4) is 0 Å². The summed E-state index contributed by atoms with van der Waals surface area (Å²) in [6, 6.07) is 6.01. The minimum Gasteiger partial charge on any atom is -0.493 e. The van der Waals surface area contributed by atoms with Crippen LogP contribution in [0, 0.1) is 0 Å². The second-order valence-electron chi connectivity index (χ2n) is 5.26. The third kappa shape index (κ3) is 3.04. The third-order valence-corrected chi connectivity index (χ3v) is 4.82. The zero-order valence-electron chi connectivity index (χ0n) is 12.4. The fraction of sp³-hybridized carbons (Fsp3) is 0.438. The van der Waals surface area contributed by atoms with Gasteiger partial charge in [-0.2, -0.15) is 0 Å². The SMILES string of the molecule is COc1ccc(Cc2nc(C3CC3)c(CN)s2)cc1OC. The number of hydrogen-bond acceptors (Lipinski definition) is 5. The Hall–Kier alpha value is -1.59. The fourth-order valence-electron chi connectivity index (χ4n) is 2.48. The molecular formula is C16H20N2O2S. The Balaban J connectivity index is 1.83. The average molecular weight is 304 g/mol. The number of methoxy groups -OCH3 is 2. The first-order valence-corrected chi connectivity index (χ1v) is 7.96. The van der Waals surface area contributed by atoms with E-state index < -0.39 is 0 Å². The van der Waals surface area contributed by atoms with Crippen LogP contribution in [-0.4, -0.2) is 19.2 Å². The largest absolute Gasteiger partial charge is 0.493 e. The fourth-order valence-corrected chi connectivity index (χ4v) is 3.54. The summed E-state index contributed by atoms with van der Waals surface area (Å²) in [5, 5.41) is 1.13. The van der Waals surface area contributed by atoms with Crippen molar-refractivity contribution < 1.29 is 9.47 Å². The predicted molar refractivity (Wildman–Crippen MR) is 84.3 cm³/mol. The van der Waals surface area contributed by atoms with Gasteiger partial charge in [-0.1, -0.05) is 6.07 Å². The molecule has 0 atom stereocenters. The average Bonchev–Trinajstić information content (AvgIpc) is 3.28. The van der Waals surface area contributed by atoms with E-state index in [9.17, 15) is 0 Å². The van der Waals surface area contributed by atoms with E-state index in [4.69, 9.17) is 20.2 Å². The number of rotatable bonds is 6. The molecule has 4 nitrogen and oxygen atoms in total. The van der Waals surface area contributed by atoms with Crippen molar-refractivity contribution in [2.75, 3.05) is 14.2 Å². The van der Waals surface area contributed by atoms with Crippen LogP contribution in [0.1, 0.15) is 39.9 Å². The third-order valence-electron chi connectivity index (χ3n) is 3.72. The lowest BCUT2D eigenvalue weighted by atomic mass is 10.1. The molecule has 0 saturated heterocycles. The van der Waals surface area contributed by atoms with Crippen molar-refractivity contribution in [2.45, 2.75) is 31.7 Å². The molecule has 2 aromatic rings. The van der Waals surface area contributed by atoms with Gasteiger partial charge in [0.2, 0.25) is 0 Å². The van der Waals surface area contributed by atoms with Crippen LogP contribution in [0.4, 0.5) is 0 Å². The lowest BCUT2D eigenvalue weighted by Gasteiger charge is -2.08. The topological polar surface area (TPSA) is 57.4 Å². The first kappa shape index (κ1) is 14.4. The van der Waals surface area contributed by atoms with Crippen LogP contribution < -0.4 is 15.2 Å². The summed E-state index contributed by atoms with van der Waals surface area (Å²) in [7, 11) is 3.30. The number of ether oxygens (including phenoxy) is 2. The highest BCUT2D eigenvalue weighted by Crippen LogP contribution is 2.42. The Morgan fingerprint density at radius 3 is 2.62 bits per heavy atom. The molecule has 112 valence electrons. The van der Waals surface area contributed by atoms with Gasteiger partial charge in [0.25, 0.3) is 0 Å². The number of hydrogen-bond donors (Lipinski definition) is 1. The molecule has 1 saturated carbocycles. The quantitative estimate of drug-likeness (QED) is 0.891. The maximum absolute atomic E-state index is 5.84. The molecule has 0 aliphatic heterocycles. The minimum absolute atomic E-state index is 0.593. The second kappa shape index (κ2) is 6.03. The summed E-state index contributed by atoms with van der Waals surface area (Å²) < 4.78 is 10.6. The van der Waals surface area contributed by atoms with Gasteiger partial charge < -0.3 is 15.2 Å². The van der Waals surface area contributed by atoms with Gasteiger partial charge >= 0.3 is 0 Å². The molecule has 5 heteroatoms.